The molecule has 0 spiro atoms. The van der Waals surface area contributed by atoms with Crippen LogP contribution in [0.2, 0.25) is 18.1 Å². The highest BCUT2D eigenvalue weighted by molar-refractivity contribution is 6.74. The first-order chi connectivity index (χ1) is 9.62. The van der Waals surface area contributed by atoms with Gasteiger partial charge < -0.3 is 14.9 Å². The molecule has 1 saturated heterocycles. The van der Waals surface area contributed by atoms with E-state index in [0.29, 0.717) is 6.61 Å². The highest BCUT2D eigenvalue weighted by Crippen LogP contribution is 2.40. The van der Waals surface area contributed by atoms with Crippen molar-refractivity contribution in [3.8, 4) is 0 Å². The summed E-state index contributed by atoms with van der Waals surface area (Å²) in [4.78, 5) is 15.7. The van der Waals surface area contributed by atoms with Crippen molar-refractivity contribution < 1.29 is 9.16 Å². The molecule has 0 amide bonds. The molecule has 1 aromatic rings. The topological polar surface area (TPSA) is 79.4 Å². The zero-order chi connectivity index (χ0) is 15.8. The molecule has 1 aliphatic heterocycles. The van der Waals surface area contributed by atoms with Crippen LogP contribution < -0.4 is 11.4 Å². The number of hydrogen-bond donors (Lipinski definition) is 1. The van der Waals surface area contributed by atoms with Crippen LogP contribution in [-0.2, 0) is 9.16 Å². The van der Waals surface area contributed by atoms with E-state index in [1.807, 2.05) is 0 Å². The summed E-state index contributed by atoms with van der Waals surface area (Å²) in [5, 5.41) is 0.116. The van der Waals surface area contributed by atoms with E-state index in [4.69, 9.17) is 14.9 Å². The third-order valence-corrected chi connectivity index (χ3v) is 8.89. The van der Waals surface area contributed by atoms with Crippen molar-refractivity contribution in [1.82, 2.24) is 9.55 Å². The summed E-state index contributed by atoms with van der Waals surface area (Å²) in [5.41, 5.74) is 5.13. The Morgan fingerprint density at radius 1 is 1.48 bits per heavy atom. The van der Waals surface area contributed by atoms with Gasteiger partial charge >= 0.3 is 5.69 Å². The molecule has 6 nitrogen and oxygen atoms in total. The standard InChI is InChI=1S/C14H25N3O3Si/c1-14(2,3)21(4,5)20-10-7-9-19-12(10)17-8-6-11(15)16-13(17)18/h6,8,10,12H,7,9H2,1-5H3,(H2,15,16,18)/t10-,12+/m0/s1. The Morgan fingerprint density at radius 2 is 2.14 bits per heavy atom. The SMILES string of the molecule is CC(C)(C)[Si](C)(C)O[C@H]1CCO[C@H]1n1ccc(N)nc1=O. The predicted molar refractivity (Wildman–Crippen MR) is 84.6 cm³/mol. The first-order valence-electron chi connectivity index (χ1n) is 7.26. The van der Waals surface area contributed by atoms with Crippen LogP contribution in [0.4, 0.5) is 5.82 Å². The first-order valence-corrected chi connectivity index (χ1v) is 10.2. The minimum Gasteiger partial charge on any atom is -0.409 e. The van der Waals surface area contributed by atoms with Gasteiger partial charge in [0.2, 0.25) is 0 Å². The van der Waals surface area contributed by atoms with Crippen molar-refractivity contribution >= 4 is 14.1 Å². The number of rotatable bonds is 3. The number of ether oxygens (including phenoxy) is 1. The molecule has 21 heavy (non-hydrogen) atoms. The van der Waals surface area contributed by atoms with Crippen molar-refractivity contribution in [2.45, 2.75) is 57.7 Å². The van der Waals surface area contributed by atoms with E-state index in [9.17, 15) is 4.79 Å². The van der Waals surface area contributed by atoms with E-state index < -0.39 is 20.2 Å². The fourth-order valence-corrected chi connectivity index (χ4v) is 3.45. The summed E-state index contributed by atoms with van der Waals surface area (Å²) in [5.74, 6) is 0.219. The van der Waals surface area contributed by atoms with Gasteiger partial charge in [-0.15, -0.1) is 0 Å². The molecular weight excluding hydrogens is 286 g/mol. The number of hydrogen-bond acceptors (Lipinski definition) is 5. The maximum atomic E-state index is 12.0. The average Bonchev–Trinajstić information content (AvgIpc) is 2.75. The summed E-state index contributed by atoms with van der Waals surface area (Å²) in [6.07, 6.45) is 1.88. The Labute approximate surface area is 126 Å². The van der Waals surface area contributed by atoms with Gasteiger partial charge in [-0.05, 0) is 24.2 Å². The van der Waals surface area contributed by atoms with Gasteiger partial charge in [-0.3, -0.25) is 4.57 Å². The van der Waals surface area contributed by atoms with Crippen LogP contribution in [0.5, 0.6) is 0 Å². The zero-order valence-corrected chi connectivity index (χ0v) is 14.4. The molecule has 1 fully saturated rings. The normalized spacial score (nSPS) is 23.5. The molecule has 1 aliphatic rings. The third kappa shape index (κ3) is 3.36. The number of nitrogen functional groups attached to an aromatic ring is 1. The highest BCUT2D eigenvalue weighted by Gasteiger charge is 2.43. The fraction of sp³-hybridized carbons (Fsp3) is 0.714. The smallest absolute Gasteiger partial charge is 0.351 e. The molecule has 2 N–H and O–H groups in total. The number of aromatic nitrogens is 2. The van der Waals surface area contributed by atoms with E-state index in [0.717, 1.165) is 6.42 Å². The fourth-order valence-electron chi connectivity index (χ4n) is 2.11. The molecule has 2 atom stereocenters. The second kappa shape index (κ2) is 5.55. The number of nitrogens with two attached hydrogens (primary N) is 1. The van der Waals surface area contributed by atoms with Crippen molar-refractivity contribution in [2.24, 2.45) is 0 Å². The first kappa shape index (κ1) is 16.2. The lowest BCUT2D eigenvalue weighted by Crippen LogP contribution is -2.46. The third-order valence-electron chi connectivity index (χ3n) is 4.39. The summed E-state index contributed by atoms with van der Waals surface area (Å²) in [6, 6.07) is 1.60. The lowest BCUT2D eigenvalue weighted by atomic mass is 10.2. The molecule has 118 valence electrons. The predicted octanol–water partition coefficient (Wildman–Crippen LogP) is 2.13. The minimum atomic E-state index is -1.91. The van der Waals surface area contributed by atoms with Gasteiger partial charge in [0, 0.05) is 12.6 Å². The van der Waals surface area contributed by atoms with Gasteiger partial charge in [0.05, 0.1) is 12.7 Å². The summed E-state index contributed by atoms with van der Waals surface area (Å²) < 4.78 is 13.6. The van der Waals surface area contributed by atoms with Crippen LogP contribution in [0.25, 0.3) is 0 Å². The second-order valence-corrected chi connectivity index (χ2v) is 11.8. The van der Waals surface area contributed by atoms with Gasteiger partial charge in [0.25, 0.3) is 0 Å². The van der Waals surface area contributed by atoms with Crippen molar-refractivity contribution in [3.63, 3.8) is 0 Å². The van der Waals surface area contributed by atoms with Crippen molar-refractivity contribution in [1.29, 1.82) is 0 Å². The quantitative estimate of drug-likeness (QED) is 0.865. The van der Waals surface area contributed by atoms with E-state index >= 15 is 0 Å². The van der Waals surface area contributed by atoms with Crippen LogP contribution in [0.3, 0.4) is 0 Å². The largest absolute Gasteiger partial charge is 0.409 e. The van der Waals surface area contributed by atoms with E-state index in [1.54, 1.807) is 12.3 Å². The summed E-state index contributed by atoms with van der Waals surface area (Å²) >= 11 is 0. The Hall–Kier alpha value is -1.18. The average molecular weight is 311 g/mol. The minimum absolute atomic E-state index is 0.116. The van der Waals surface area contributed by atoms with Crippen LogP contribution in [-0.4, -0.2) is 30.6 Å². The number of anilines is 1. The Bertz CT molecular complexity index is 565. The lowest BCUT2D eigenvalue weighted by molar-refractivity contribution is -0.00677. The van der Waals surface area contributed by atoms with E-state index in [2.05, 4.69) is 38.8 Å². The Morgan fingerprint density at radius 3 is 2.71 bits per heavy atom. The van der Waals surface area contributed by atoms with Crippen LogP contribution in [0.15, 0.2) is 17.1 Å². The van der Waals surface area contributed by atoms with Gasteiger partial charge in [0.1, 0.15) is 5.82 Å². The molecule has 2 heterocycles. The monoisotopic (exact) mass is 311 g/mol. The van der Waals surface area contributed by atoms with Crippen molar-refractivity contribution in [2.75, 3.05) is 12.3 Å². The zero-order valence-electron chi connectivity index (χ0n) is 13.4. The van der Waals surface area contributed by atoms with Crippen LogP contribution in [0.1, 0.15) is 33.4 Å². The highest BCUT2D eigenvalue weighted by atomic mass is 28.4. The maximum absolute atomic E-state index is 12.0. The van der Waals surface area contributed by atoms with E-state index in [-0.39, 0.29) is 17.0 Å². The molecule has 0 radical (unpaired) electrons. The summed E-state index contributed by atoms with van der Waals surface area (Å²) in [7, 11) is -1.91. The molecule has 7 heteroatoms. The molecule has 0 aromatic carbocycles. The lowest BCUT2D eigenvalue weighted by Gasteiger charge is -2.39. The number of nitrogens with zero attached hydrogens (tertiary/aromatic N) is 2. The van der Waals surface area contributed by atoms with Crippen molar-refractivity contribution in [3.05, 3.63) is 22.7 Å². The molecule has 0 unspecified atom stereocenters. The molecular formula is C14H25N3O3Si. The van der Waals surface area contributed by atoms with Crippen LogP contribution >= 0.6 is 0 Å². The maximum Gasteiger partial charge on any atom is 0.351 e. The van der Waals surface area contributed by atoms with Crippen LogP contribution in [0, 0.1) is 0 Å². The molecule has 0 bridgehead atoms. The molecule has 0 aliphatic carbocycles. The van der Waals surface area contributed by atoms with Gasteiger partial charge in [-0.2, -0.15) is 4.98 Å². The van der Waals surface area contributed by atoms with Gasteiger partial charge in [-0.1, -0.05) is 20.8 Å². The van der Waals surface area contributed by atoms with Gasteiger partial charge in [-0.25, -0.2) is 4.79 Å². The summed E-state index contributed by atoms with van der Waals surface area (Å²) in [6.45, 7) is 11.6. The Kier molecular flexibility index (Phi) is 4.28. The second-order valence-electron chi connectivity index (χ2n) is 7.01. The molecule has 1 aromatic heterocycles. The van der Waals surface area contributed by atoms with E-state index in [1.165, 1.54) is 4.57 Å². The molecule has 0 saturated carbocycles. The van der Waals surface area contributed by atoms with Gasteiger partial charge in [0.15, 0.2) is 14.5 Å². The molecule has 2 rings (SSSR count). The Balaban J connectivity index is 2.23.